The molecule has 0 saturated heterocycles. The van der Waals surface area contributed by atoms with Crippen LogP contribution in [-0.2, 0) is 0 Å². The Labute approximate surface area is 98.1 Å². The first-order valence-corrected chi connectivity index (χ1v) is 6.14. The number of nitrogens with zero attached hydrogens (tertiary/aromatic N) is 3. The average molecular weight is 235 g/mol. The molecule has 2 N–H and O–H groups in total. The quantitative estimate of drug-likeness (QED) is 0.627. The van der Waals surface area contributed by atoms with E-state index in [1.807, 2.05) is 19.2 Å². The molecule has 0 spiro atoms. The van der Waals surface area contributed by atoms with Crippen LogP contribution < -0.4 is 5.32 Å². The molecule has 0 aliphatic carbocycles. The lowest BCUT2D eigenvalue weighted by Gasteiger charge is -2.11. The number of hydrogen-bond acceptors (Lipinski definition) is 5. The van der Waals surface area contributed by atoms with E-state index >= 15 is 0 Å². The fourth-order valence-electron chi connectivity index (χ4n) is 1.33. The summed E-state index contributed by atoms with van der Waals surface area (Å²) in [7, 11) is 0. The average Bonchev–Trinajstić information content (AvgIpc) is 2.83. The van der Waals surface area contributed by atoms with Gasteiger partial charge in [0.15, 0.2) is 0 Å². The van der Waals surface area contributed by atoms with Gasteiger partial charge in [0, 0.05) is 18.5 Å². The maximum atomic E-state index is 4.19. The molecule has 0 bridgehead atoms. The Hall–Kier alpha value is -1.56. The van der Waals surface area contributed by atoms with E-state index in [-0.39, 0.29) is 6.04 Å². The molecule has 0 radical (unpaired) electrons. The second-order valence-corrected chi connectivity index (χ2v) is 4.11. The van der Waals surface area contributed by atoms with Crippen molar-refractivity contribution in [3.8, 4) is 0 Å². The van der Waals surface area contributed by atoms with Gasteiger partial charge in [0.05, 0.1) is 6.04 Å². The van der Waals surface area contributed by atoms with E-state index in [1.165, 1.54) is 0 Å². The SMILES string of the molecule is CSc1cc(NC(C)c2ncc[nH]2)ncn1. The molecule has 0 amide bonds. The van der Waals surface area contributed by atoms with Gasteiger partial charge in [-0.05, 0) is 13.2 Å². The fourth-order valence-corrected chi connectivity index (χ4v) is 1.72. The van der Waals surface area contributed by atoms with Crippen LogP contribution in [0.25, 0.3) is 0 Å². The normalized spacial score (nSPS) is 12.4. The van der Waals surface area contributed by atoms with E-state index in [1.54, 1.807) is 30.5 Å². The third-order valence-corrected chi connectivity index (χ3v) is 2.79. The molecular formula is C10H13N5S. The molecule has 0 aliphatic heterocycles. The van der Waals surface area contributed by atoms with Crippen molar-refractivity contribution < 1.29 is 0 Å². The molecule has 0 saturated carbocycles. The van der Waals surface area contributed by atoms with Gasteiger partial charge in [0.1, 0.15) is 23.0 Å². The van der Waals surface area contributed by atoms with Crippen LogP contribution in [-0.4, -0.2) is 26.2 Å². The number of anilines is 1. The van der Waals surface area contributed by atoms with E-state index in [0.29, 0.717) is 0 Å². The molecule has 1 unspecified atom stereocenters. The highest BCUT2D eigenvalue weighted by atomic mass is 32.2. The zero-order valence-corrected chi connectivity index (χ0v) is 9.95. The van der Waals surface area contributed by atoms with Gasteiger partial charge >= 0.3 is 0 Å². The van der Waals surface area contributed by atoms with Crippen LogP contribution in [0.4, 0.5) is 5.82 Å². The van der Waals surface area contributed by atoms with E-state index in [0.717, 1.165) is 16.7 Å². The van der Waals surface area contributed by atoms with Gasteiger partial charge in [-0.2, -0.15) is 0 Å². The number of imidazole rings is 1. The van der Waals surface area contributed by atoms with E-state index in [4.69, 9.17) is 0 Å². The first-order chi connectivity index (χ1) is 7.79. The smallest absolute Gasteiger partial charge is 0.131 e. The van der Waals surface area contributed by atoms with Gasteiger partial charge in [-0.3, -0.25) is 0 Å². The standard InChI is InChI=1S/C10H13N5S/c1-7(10-11-3-4-12-10)15-8-5-9(16-2)14-6-13-8/h3-7H,1-2H3,(H,11,12)(H,13,14,15). The van der Waals surface area contributed by atoms with Crippen molar-refractivity contribution in [3.05, 3.63) is 30.6 Å². The van der Waals surface area contributed by atoms with Crippen LogP contribution in [0.5, 0.6) is 0 Å². The van der Waals surface area contributed by atoms with E-state index in [2.05, 4.69) is 25.3 Å². The summed E-state index contributed by atoms with van der Waals surface area (Å²) < 4.78 is 0. The molecule has 0 aromatic carbocycles. The minimum atomic E-state index is 0.0969. The van der Waals surface area contributed by atoms with Crippen molar-refractivity contribution in [1.29, 1.82) is 0 Å². The summed E-state index contributed by atoms with van der Waals surface area (Å²) in [5.41, 5.74) is 0. The Morgan fingerprint density at radius 1 is 1.38 bits per heavy atom. The number of nitrogens with one attached hydrogen (secondary N) is 2. The Balaban J connectivity index is 2.08. The van der Waals surface area contributed by atoms with E-state index < -0.39 is 0 Å². The second-order valence-electron chi connectivity index (χ2n) is 3.29. The molecule has 5 nitrogen and oxygen atoms in total. The maximum Gasteiger partial charge on any atom is 0.131 e. The largest absolute Gasteiger partial charge is 0.360 e. The summed E-state index contributed by atoms with van der Waals surface area (Å²) in [5.74, 6) is 1.70. The van der Waals surface area contributed by atoms with E-state index in [9.17, 15) is 0 Å². The van der Waals surface area contributed by atoms with Crippen LogP contribution in [0.1, 0.15) is 18.8 Å². The van der Waals surface area contributed by atoms with Gasteiger partial charge in [-0.1, -0.05) is 0 Å². The van der Waals surface area contributed by atoms with Crippen LogP contribution in [0, 0.1) is 0 Å². The minimum Gasteiger partial charge on any atom is -0.360 e. The molecular weight excluding hydrogens is 222 g/mol. The zero-order valence-electron chi connectivity index (χ0n) is 9.14. The number of hydrogen-bond donors (Lipinski definition) is 2. The molecule has 1 atom stereocenters. The first kappa shape index (κ1) is 10.9. The lowest BCUT2D eigenvalue weighted by molar-refractivity contribution is 0.800. The summed E-state index contributed by atoms with van der Waals surface area (Å²) in [6, 6.07) is 2.02. The Morgan fingerprint density at radius 3 is 2.94 bits per heavy atom. The van der Waals surface area contributed by atoms with Crippen LogP contribution in [0.2, 0.25) is 0 Å². The maximum absolute atomic E-state index is 4.19. The second kappa shape index (κ2) is 4.98. The number of H-pyrrole nitrogens is 1. The highest BCUT2D eigenvalue weighted by Gasteiger charge is 2.08. The topological polar surface area (TPSA) is 66.5 Å². The molecule has 0 fully saturated rings. The predicted molar refractivity (Wildman–Crippen MR) is 64.4 cm³/mol. The fraction of sp³-hybridized carbons (Fsp3) is 0.300. The van der Waals surface area contributed by atoms with Crippen molar-refractivity contribution in [2.45, 2.75) is 18.0 Å². The number of rotatable bonds is 4. The van der Waals surface area contributed by atoms with Crippen LogP contribution in [0.3, 0.4) is 0 Å². The van der Waals surface area contributed by atoms with Crippen molar-refractivity contribution in [3.63, 3.8) is 0 Å². The molecule has 0 aliphatic rings. The third kappa shape index (κ3) is 2.52. The molecule has 2 aromatic rings. The van der Waals surface area contributed by atoms with Gasteiger partial charge in [0.2, 0.25) is 0 Å². The van der Waals surface area contributed by atoms with Crippen molar-refractivity contribution in [2.75, 3.05) is 11.6 Å². The Kier molecular flexibility index (Phi) is 3.40. The van der Waals surface area contributed by atoms with Crippen LogP contribution >= 0.6 is 11.8 Å². The summed E-state index contributed by atoms with van der Waals surface area (Å²) >= 11 is 1.59. The summed E-state index contributed by atoms with van der Waals surface area (Å²) in [6.45, 7) is 2.03. The first-order valence-electron chi connectivity index (χ1n) is 4.91. The molecule has 16 heavy (non-hydrogen) atoms. The zero-order chi connectivity index (χ0) is 11.4. The molecule has 2 aromatic heterocycles. The lowest BCUT2D eigenvalue weighted by Crippen LogP contribution is -2.09. The van der Waals surface area contributed by atoms with Gasteiger partial charge < -0.3 is 10.3 Å². The molecule has 6 heteroatoms. The summed E-state index contributed by atoms with van der Waals surface area (Å²) in [4.78, 5) is 15.5. The molecule has 84 valence electrons. The molecule has 2 heterocycles. The van der Waals surface area contributed by atoms with Crippen molar-refractivity contribution in [2.24, 2.45) is 0 Å². The number of aromatic amines is 1. The number of aromatic nitrogens is 4. The lowest BCUT2D eigenvalue weighted by atomic mass is 10.3. The number of thioether (sulfide) groups is 1. The molecule has 2 rings (SSSR count). The predicted octanol–water partition coefficient (Wildman–Crippen LogP) is 2.09. The monoisotopic (exact) mass is 235 g/mol. The van der Waals surface area contributed by atoms with Gasteiger partial charge in [0.25, 0.3) is 0 Å². The third-order valence-electron chi connectivity index (χ3n) is 2.15. The van der Waals surface area contributed by atoms with Gasteiger partial charge in [-0.25, -0.2) is 15.0 Å². The Morgan fingerprint density at radius 2 is 2.25 bits per heavy atom. The Bertz CT molecular complexity index is 442. The van der Waals surface area contributed by atoms with Crippen LogP contribution in [0.15, 0.2) is 29.8 Å². The van der Waals surface area contributed by atoms with Crippen molar-refractivity contribution in [1.82, 2.24) is 19.9 Å². The highest BCUT2D eigenvalue weighted by molar-refractivity contribution is 7.98. The highest BCUT2D eigenvalue weighted by Crippen LogP contribution is 2.17. The van der Waals surface area contributed by atoms with Gasteiger partial charge in [-0.15, -0.1) is 11.8 Å². The summed E-state index contributed by atoms with van der Waals surface area (Å²) in [6.07, 6.45) is 7.09. The minimum absolute atomic E-state index is 0.0969. The summed E-state index contributed by atoms with van der Waals surface area (Å²) in [5, 5.41) is 4.21. The van der Waals surface area contributed by atoms with Crippen molar-refractivity contribution >= 4 is 17.6 Å².